The number of amides is 2. The number of anilines is 1. The largest absolute Gasteiger partial charge is 0.471 e. The Bertz CT molecular complexity index is 960. The van der Waals surface area contributed by atoms with Crippen molar-refractivity contribution in [2.45, 2.75) is 51.1 Å². The van der Waals surface area contributed by atoms with E-state index in [1.807, 2.05) is 35.6 Å². The molecule has 0 aromatic heterocycles. The molecular weight excluding hydrogens is 437 g/mol. The predicted octanol–water partition coefficient (Wildman–Crippen LogP) is 5.76. The molecule has 9 heteroatoms. The van der Waals surface area contributed by atoms with Gasteiger partial charge in [-0.15, -0.1) is 0 Å². The number of carbonyl (C=O) groups is 2. The molecule has 1 saturated heterocycles. The van der Waals surface area contributed by atoms with E-state index in [-0.39, 0.29) is 12.3 Å². The predicted molar refractivity (Wildman–Crippen MR) is 116 cm³/mol. The fourth-order valence-electron chi connectivity index (χ4n) is 3.77. The van der Waals surface area contributed by atoms with Crippen LogP contribution in [0, 0.1) is 0 Å². The van der Waals surface area contributed by atoms with Crippen molar-refractivity contribution < 1.29 is 32.2 Å². The van der Waals surface area contributed by atoms with Crippen molar-refractivity contribution in [3.63, 3.8) is 0 Å². The molecule has 0 spiro atoms. The molecule has 1 N–H and O–H groups in total. The van der Waals surface area contributed by atoms with Crippen LogP contribution in [0.25, 0.3) is 0 Å². The maximum Gasteiger partial charge on any atom is 0.471 e. The standard InChI is InChI=1S/C24H27F3N2O4/c1-16(29(2)23(31)33-15-17-9-4-3-5-10-17)18-11-8-12-19(28-22(30)24(25,26)27)21(18)20-13-6-7-14-32-20/h3-5,8-12,16,20H,6-7,13-15H2,1-2H3,(H,28,30)/t16-,20?/m0/s1. The first-order chi connectivity index (χ1) is 15.7. The monoisotopic (exact) mass is 464 g/mol. The second-order valence-electron chi connectivity index (χ2n) is 7.94. The van der Waals surface area contributed by atoms with Gasteiger partial charge in [0.25, 0.3) is 0 Å². The fourth-order valence-corrected chi connectivity index (χ4v) is 3.77. The SMILES string of the molecule is C[C@@H](c1cccc(NC(=O)C(F)(F)F)c1C1CCCCO1)N(C)C(=O)OCc1ccccc1. The summed E-state index contributed by atoms with van der Waals surface area (Å²) in [6.07, 6.45) is -3.80. The van der Waals surface area contributed by atoms with Gasteiger partial charge in [-0.2, -0.15) is 13.2 Å². The molecule has 1 aliphatic rings. The van der Waals surface area contributed by atoms with Gasteiger partial charge in [0.05, 0.1) is 12.1 Å². The highest BCUT2D eigenvalue weighted by molar-refractivity contribution is 5.95. The van der Waals surface area contributed by atoms with Crippen molar-refractivity contribution in [2.75, 3.05) is 19.0 Å². The third kappa shape index (κ3) is 6.25. The summed E-state index contributed by atoms with van der Waals surface area (Å²) in [5, 5.41) is 1.98. The van der Waals surface area contributed by atoms with E-state index in [1.54, 1.807) is 26.1 Å². The maximum atomic E-state index is 12.9. The topological polar surface area (TPSA) is 67.9 Å². The molecule has 3 rings (SSSR count). The van der Waals surface area contributed by atoms with Crippen LogP contribution < -0.4 is 5.32 Å². The molecule has 2 aromatic carbocycles. The lowest BCUT2D eigenvalue weighted by atomic mass is 9.91. The van der Waals surface area contributed by atoms with Crippen molar-refractivity contribution in [3.05, 3.63) is 65.2 Å². The van der Waals surface area contributed by atoms with Gasteiger partial charge < -0.3 is 19.7 Å². The molecule has 1 heterocycles. The van der Waals surface area contributed by atoms with E-state index in [1.165, 1.54) is 11.0 Å². The third-order valence-electron chi connectivity index (χ3n) is 5.67. The second kappa shape index (κ2) is 10.7. The molecule has 1 aliphatic heterocycles. The first kappa shape index (κ1) is 24.6. The molecule has 6 nitrogen and oxygen atoms in total. The van der Waals surface area contributed by atoms with Crippen LogP contribution in [0.5, 0.6) is 0 Å². The van der Waals surface area contributed by atoms with Crippen LogP contribution in [0.15, 0.2) is 48.5 Å². The summed E-state index contributed by atoms with van der Waals surface area (Å²) in [7, 11) is 1.56. The molecular formula is C24H27F3N2O4. The molecule has 2 aromatic rings. The first-order valence-electron chi connectivity index (χ1n) is 10.7. The van der Waals surface area contributed by atoms with E-state index in [9.17, 15) is 22.8 Å². The summed E-state index contributed by atoms with van der Waals surface area (Å²) < 4.78 is 50.0. The van der Waals surface area contributed by atoms with E-state index < -0.39 is 30.3 Å². The number of halogens is 3. The lowest BCUT2D eigenvalue weighted by Crippen LogP contribution is -2.33. The van der Waals surface area contributed by atoms with E-state index in [0.29, 0.717) is 24.2 Å². The number of benzene rings is 2. The molecule has 1 unspecified atom stereocenters. The van der Waals surface area contributed by atoms with Crippen LogP contribution in [0.3, 0.4) is 0 Å². The van der Waals surface area contributed by atoms with Crippen LogP contribution >= 0.6 is 0 Å². The average Bonchev–Trinajstić information content (AvgIpc) is 2.82. The highest BCUT2D eigenvalue weighted by Gasteiger charge is 2.39. The van der Waals surface area contributed by atoms with Crippen LogP contribution in [0.4, 0.5) is 23.7 Å². The molecule has 0 radical (unpaired) electrons. The Kier molecular flexibility index (Phi) is 7.97. The van der Waals surface area contributed by atoms with Gasteiger partial charge in [-0.25, -0.2) is 4.79 Å². The van der Waals surface area contributed by atoms with Crippen LogP contribution in [0.2, 0.25) is 0 Å². The van der Waals surface area contributed by atoms with Crippen molar-refractivity contribution in [1.29, 1.82) is 0 Å². The number of alkyl halides is 3. The summed E-state index contributed by atoms with van der Waals surface area (Å²) >= 11 is 0. The van der Waals surface area contributed by atoms with E-state index in [0.717, 1.165) is 18.4 Å². The Labute approximate surface area is 190 Å². The summed E-state index contributed by atoms with van der Waals surface area (Å²) in [4.78, 5) is 25.7. The zero-order valence-electron chi connectivity index (χ0n) is 18.5. The first-order valence-corrected chi connectivity index (χ1v) is 10.7. The minimum atomic E-state index is -5.02. The van der Waals surface area contributed by atoms with Crippen molar-refractivity contribution in [2.24, 2.45) is 0 Å². The number of nitrogens with one attached hydrogen (secondary N) is 1. The van der Waals surface area contributed by atoms with E-state index >= 15 is 0 Å². The van der Waals surface area contributed by atoms with Gasteiger partial charge in [0, 0.05) is 24.9 Å². The van der Waals surface area contributed by atoms with Crippen LogP contribution in [-0.4, -0.2) is 36.7 Å². The van der Waals surface area contributed by atoms with Crippen LogP contribution in [-0.2, 0) is 20.9 Å². The van der Waals surface area contributed by atoms with Crippen LogP contribution in [0.1, 0.15) is 55.0 Å². The number of rotatable bonds is 6. The van der Waals surface area contributed by atoms with Crippen molar-refractivity contribution in [3.8, 4) is 0 Å². The summed E-state index contributed by atoms with van der Waals surface area (Å²) in [6.45, 7) is 2.31. The van der Waals surface area contributed by atoms with Gasteiger partial charge in [-0.1, -0.05) is 42.5 Å². The minimum absolute atomic E-state index is 0.0274. The van der Waals surface area contributed by atoms with Gasteiger partial charge in [0.1, 0.15) is 6.61 Å². The summed E-state index contributed by atoms with van der Waals surface area (Å²) in [5.74, 6) is -2.06. The van der Waals surface area contributed by atoms with Gasteiger partial charge in [0.15, 0.2) is 0 Å². The Morgan fingerprint density at radius 2 is 1.88 bits per heavy atom. The number of hydrogen-bond donors (Lipinski definition) is 1. The molecule has 33 heavy (non-hydrogen) atoms. The molecule has 0 aliphatic carbocycles. The van der Waals surface area contributed by atoms with E-state index in [2.05, 4.69) is 0 Å². The van der Waals surface area contributed by atoms with Crippen molar-refractivity contribution >= 4 is 17.7 Å². The fraction of sp³-hybridized carbons (Fsp3) is 0.417. The molecule has 1 fully saturated rings. The molecule has 178 valence electrons. The van der Waals surface area contributed by atoms with Gasteiger partial charge >= 0.3 is 18.2 Å². The zero-order chi connectivity index (χ0) is 24.0. The highest BCUT2D eigenvalue weighted by Crippen LogP contribution is 2.39. The number of hydrogen-bond acceptors (Lipinski definition) is 4. The minimum Gasteiger partial charge on any atom is -0.445 e. The Morgan fingerprint density at radius 3 is 2.52 bits per heavy atom. The van der Waals surface area contributed by atoms with Crippen molar-refractivity contribution in [1.82, 2.24) is 4.90 Å². The smallest absolute Gasteiger partial charge is 0.445 e. The normalized spacial score (nSPS) is 17.2. The quantitative estimate of drug-likeness (QED) is 0.590. The second-order valence-corrected chi connectivity index (χ2v) is 7.94. The number of carbonyl (C=O) groups excluding carboxylic acids is 2. The van der Waals surface area contributed by atoms with E-state index in [4.69, 9.17) is 9.47 Å². The number of ether oxygens (including phenoxy) is 2. The zero-order valence-corrected chi connectivity index (χ0v) is 18.5. The Morgan fingerprint density at radius 1 is 1.15 bits per heavy atom. The third-order valence-corrected chi connectivity index (χ3v) is 5.67. The van der Waals surface area contributed by atoms with Gasteiger partial charge in [-0.3, -0.25) is 4.79 Å². The Balaban J connectivity index is 1.85. The molecule has 2 atom stereocenters. The molecule has 0 bridgehead atoms. The summed E-state index contributed by atoms with van der Waals surface area (Å²) in [5.41, 5.74) is 1.89. The summed E-state index contributed by atoms with van der Waals surface area (Å²) in [6, 6.07) is 13.4. The number of nitrogens with zero attached hydrogens (tertiary/aromatic N) is 1. The lowest BCUT2D eigenvalue weighted by Gasteiger charge is -2.32. The lowest BCUT2D eigenvalue weighted by molar-refractivity contribution is -0.167. The van der Waals surface area contributed by atoms with Gasteiger partial charge in [0.2, 0.25) is 0 Å². The maximum absolute atomic E-state index is 12.9. The Hall–Kier alpha value is -3.07. The molecule has 0 saturated carbocycles. The molecule has 2 amide bonds. The van der Waals surface area contributed by atoms with Gasteiger partial charge in [-0.05, 0) is 43.4 Å². The highest BCUT2D eigenvalue weighted by atomic mass is 19.4. The average molecular weight is 464 g/mol.